The average Bonchev–Trinajstić information content (AvgIpc) is 3.56. The van der Waals surface area contributed by atoms with Crippen molar-refractivity contribution in [3.8, 4) is 45.3 Å². The van der Waals surface area contributed by atoms with Crippen molar-refractivity contribution >= 4 is 54.3 Å². The van der Waals surface area contributed by atoms with Crippen molar-refractivity contribution in [1.82, 2.24) is 15.0 Å². The summed E-state index contributed by atoms with van der Waals surface area (Å²) >= 11 is 0. The van der Waals surface area contributed by atoms with Gasteiger partial charge in [0, 0.05) is 32.8 Å². The van der Waals surface area contributed by atoms with Crippen LogP contribution >= 0.6 is 0 Å². The van der Waals surface area contributed by atoms with Crippen molar-refractivity contribution < 1.29 is 4.42 Å². The van der Waals surface area contributed by atoms with Gasteiger partial charge in [-0.3, -0.25) is 0 Å². The van der Waals surface area contributed by atoms with Gasteiger partial charge in [-0.15, -0.1) is 0 Å². The van der Waals surface area contributed by atoms with E-state index in [0.29, 0.717) is 17.5 Å². The lowest BCUT2D eigenvalue weighted by molar-refractivity contribution is 0.673. The van der Waals surface area contributed by atoms with E-state index >= 15 is 0 Å². The van der Waals surface area contributed by atoms with Gasteiger partial charge >= 0.3 is 0 Å². The zero-order chi connectivity index (χ0) is 32.3. The molecule has 10 rings (SSSR count). The first kappa shape index (κ1) is 27.5. The van der Waals surface area contributed by atoms with Crippen molar-refractivity contribution in [3.63, 3.8) is 0 Å². The number of rotatable bonds is 4. The van der Waals surface area contributed by atoms with Crippen molar-refractivity contribution in [2.24, 2.45) is 0 Å². The molecule has 0 saturated carbocycles. The molecule has 228 valence electrons. The standard InChI is InChI=1S/C45H27N3O/c1-2-12-30(13-3-1)39-26-34(27-40-41(39)38-24-23-31-15-7-9-19-36(31)42(38)49-40)44-46-43(33-22-21-28-11-4-5-16-32(28)25-33)47-45(48-44)37-20-10-17-29-14-6-8-18-35(29)37/h1-27H. The van der Waals surface area contributed by atoms with E-state index in [4.69, 9.17) is 19.4 Å². The maximum atomic E-state index is 6.75. The fourth-order valence-corrected chi connectivity index (χ4v) is 7.11. The number of nitrogens with zero attached hydrogens (tertiary/aromatic N) is 3. The van der Waals surface area contributed by atoms with Crippen LogP contribution in [0.4, 0.5) is 0 Å². The van der Waals surface area contributed by atoms with Gasteiger partial charge in [0.15, 0.2) is 17.5 Å². The fraction of sp³-hybridized carbons (Fsp3) is 0. The number of hydrogen-bond acceptors (Lipinski definition) is 4. The van der Waals surface area contributed by atoms with Gasteiger partial charge in [-0.1, -0.05) is 140 Å². The molecule has 10 aromatic rings. The van der Waals surface area contributed by atoms with E-state index in [-0.39, 0.29) is 0 Å². The topological polar surface area (TPSA) is 51.8 Å². The Morgan fingerprint density at radius 2 is 0.980 bits per heavy atom. The van der Waals surface area contributed by atoms with Gasteiger partial charge in [0.25, 0.3) is 0 Å². The highest BCUT2D eigenvalue weighted by Crippen LogP contribution is 2.42. The van der Waals surface area contributed by atoms with Crippen LogP contribution in [-0.4, -0.2) is 15.0 Å². The summed E-state index contributed by atoms with van der Waals surface area (Å²) < 4.78 is 6.75. The number of furan rings is 1. The molecule has 0 aliphatic heterocycles. The van der Waals surface area contributed by atoms with Gasteiger partial charge < -0.3 is 4.42 Å². The van der Waals surface area contributed by atoms with Crippen molar-refractivity contribution in [1.29, 1.82) is 0 Å². The molecule has 8 aromatic carbocycles. The highest BCUT2D eigenvalue weighted by Gasteiger charge is 2.20. The van der Waals surface area contributed by atoms with E-state index in [2.05, 4.69) is 158 Å². The van der Waals surface area contributed by atoms with Crippen LogP contribution in [0.5, 0.6) is 0 Å². The van der Waals surface area contributed by atoms with Crippen molar-refractivity contribution in [2.45, 2.75) is 0 Å². The lowest BCUT2D eigenvalue weighted by Gasteiger charge is -2.12. The minimum absolute atomic E-state index is 0.588. The normalized spacial score (nSPS) is 11.7. The fourth-order valence-electron chi connectivity index (χ4n) is 7.11. The highest BCUT2D eigenvalue weighted by atomic mass is 16.3. The molecule has 0 aliphatic carbocycles. The highest BCUT2D eigenvalue weighted by molar-refractivity contribution is 6.19. The molecule has 0 aliphatic rings. The van der Waals surface area contributed by atoms with E-state index in [1.165, 1.54) is 5.39 Å². The Kier molecular flexibility index (Phi) is 6.15. The molecule has 0 unspecified atom stereocenters. The van der Waals surface area contributed by atoms with E-state index in [0.717, 1.165) is 76.7 Å². The molecule has 2 aromatic heterocycles. The second kappa shape index (κ2) is 11.0. The molecule has 0 atom stereocenters. The first-order chi connectivity index (χ1) is 24.3. The predicted octanol–water partition coefficient (Wildman–Crippen LogP) is 11.9. The summed E-state index contributed by atoms with van der Waals surface area (Å²) in [6, 6.07) is 56.9. The summed E-state index contributed by atoms with van der Waals surface area (Å²) in [7, 11) is 0. The van der Waals surface area contributed by atoms with E-state index in [1.807, 2.05) is 6.07 Å². The summed E-state index contributed by atoms with van der Waals surface area (Å²) in [6.07, 6.45) is 0. The molecule has 49 heavy (non-hydrogen) atoms. The number of aromatic nitrogens is 3. The molecular formula is C45H27N3O. The minimum Gasteiger partial charge on any atom is -0.455 e. The van der Waals surface area contributed by atoms with E-state index in [9.17, 15) is 0 Å². The number of benzene rings is 8. The summed E-state index contributed by atoms with van der Waals surface area (Å²) in [6.45, 7) is 0. The maximum Gasteiger partial charge on any atom is 0.164 e. The predicted molar refractivity (Wildman–Crippen MR) is 201 cm³/mol. The molecule has 0 amide bonds. The Hall–Kier alpha value is -6.65. The second-order valence-electron chi connectivity index (χ2n) is 12.4. The van der Waals surface area contributed by atoms with Crippen LogP contribution < -0.4 is 0 Å². The molecule has 0 fully saturated rings. The Balaban J connectivity index is 1.27. The van der Waals surface area contributed by atoms with Crippen LogP contribution in [-0.2, 0) is 0 Å². The van der Waals surface area contributed by atoms with Gasteiger partial charge in [-0.25, -0.2) is 15.0 Å². The molecule has 0 radical (unpaired) electrons. The van der Waals surface area contributed by atoms with E-state index < -0.39 is 0 Å². The molecule has 0 saturated heterocycles. The molecular weight excluding hydrogens is 599 g/mol. The van der Waals surface area contributed by atoms with Crippen LogP contribution in [0.15, 0.2) is 168 Å². The van der Waals surface area contributed by atoms with Gasteiger partial charge in [0.1, 0.15) is 11.2 Å². The van der Waals surface area contributed by atoms with Crippen LogP contribution in [0.2, 0.25) is 0 Å². The monoisotopic (exact) mass is 625 g/mol. The lowest BCUT2D eigenvalue weighted by Crippen LogP contribution is -2.01. The Bertz CT molecular complexity index is 2890. The van der Waals surface area contributed by atoms with Gasteiger partial charge in [-0.2, -0.15) is 0 Å². The van der Waals surface area contributed by atoms with Gasteiger partial charge in [0.05, 0.1) is 0 Å². The zero-order valence-corrected chi connectivity index (χ0v) is 26.3. The number of fused-ring (bicyclic) bond motifs is 7. The smallest absolute Gasteiger partial charge is 0.164 e. The van der Waals surface area contributed by atoms with Crippen molar-refractivity contribution in [3.05, 3.63) is 164 Å². The van der Waals surface area contributed by atoms with Crippen LogP contribution in [0.3, 0.4) is 0 Å². The quantitative estimate of drug-likeness (QED) is 0.195. The van der Waals surface area contributed by atoms with Gasteiger partial charge in [-0.05, 0) is 62.3 Å². The summed E-state index contributed by atoms with van der Waals surface area (Å²) in [4.78, 5) is 15.5. The van der Waals surface area contributed by atoms with Crippen LogP contribution in [0, 0.1) is 0 Å². The first-order valence-electron chi connectivity index (χ1n) is 16.4. The van der Waals surface area contributed by atoms with E-state index in [1.54, 1.807) is 0 Å². The summed E-state index contributed by atoms with van der Waals surface area (Å²) in [5.41, 5.74) is 6.60. The molecule has 0 bridgehead atoms. The zero-order valence-electron chi connectivity index (χ0n) is 26.3. The third-order valence-corrected chi connectivity index (χ3v) is 9.48. The number of hydrogen-bond donors (Lipinski definition) is 0. The molecule has 2 heterocycles. The molecule has 0 N–H and O–H groups in total. The third-order valence-electron chi connectivity index (χ3n) is 9.48. The first-order valence-corrected chi connectivity index (χ1v) is 16.4. The Morgan fingerprint density at radius 3 is 1.82 bits per heavy atom. The lowest BCUT2D eigenvalue weighted by atomic mass is 9.96. The second-order valence-corrected chi connectivity index (χ2v) is 12.4. The Morgan fingerprint density at radius 1 is 0.347 bits per heavy atom. The average molecular weight is 626 g/mol. The van der Waals surface area contributed by atoms with Crippen LogP contribution in [0.1, 0.15) is 0 Å². The molecule has 0 spiro atoms. The summed E-state index contributed by atoms with van der Waals surface area (Å²) in [5.74, 6) is 1.84. The largest absolute Gasteiger partial charge is 0.455 e. The van der Waals surface area contributed by atoms with Crippen molar-refractivity contribution in [2.75, 3.05) is 0 Å². The van der Waals surface area contributed by atoms with Gasteiger partial charge in [0.2, 0.25) is 0 Å². The summed E-state index contributed by atoms with van der Waals surface area (Å²) in [5, 5.41) is 8.94. The molecule has 4 heteroatoms. The van der Waals surface area contributed by atoms with Crippen LogP contribution in [0.25, 0.3) is 99.5 Å². The third kappa shape index (κ3) is 4.57. The minimum atomic E-state index is 0.588. The molecule has 4 nitrogen and oxygen atoms in total. The Labute approximate surface area is 282 Å². The SMILES string of the molecule is c1ccc(-c2cc(-c3nc(-c4ccc5ccccc5c4)nc(-c4cccc5ccccc45)n3)cc3oc4c5ccccc5ccc4c23)cc1. The maximum absolute atomic E-state index is 6.75.